The van der Waals surface area contributed by atoms with Gasteiger partial charge in [-0.15, -0.1) is 0 Å². The Hall–Kier alpha value is -1.43. The minimum Gasteiger partial charge on any atom is -0.481 e. The number of rotatable bonds is 5. The van der Waals surface area contributed by atoms with Gasteiger partial charge in [-0.2, -0.15) is 0 Å². The van der Waals surface area contributed by atoms with Crippen molar-refractivity contribution in [3.8, 4) is 0 Å². The largest absolute Gasteiger partial charge is 0.481 e. The number of carbonyl (C=O) groups is 2. The molecule has 0 aromatic heterocycles. The lowest BCUT2D eigenvalue weighted by atomic mass is 10.1. The maximum atomic E-state index is 12.8. The molecule has 18 heavy (non-hydrogen) atoms. The monoisotopic (exact) mass is 317 g/mol. The number of hydrogen-bond acceptors (Lipinski definition) is 2. The topological polar surface area (TPSA) is 66.4 Å². The molecule has 4 nitrogen and oxygen atoms in total. The molecule has 2 N–H and O–H groups in total. The van der Waals surface area contributed by atoms with Crippen LogP contribution in [0.5, 0.6) is 0 Å². The van der Waals surface area contributed by atoms with Crippen molar-refractivity contribution >= 4 is 27.8 Å². The van der Waals surface area contributed by atoms with Crippen molar-refractivity contribution in [2.45, 2.75) is 13.3 Å². The van der Waals surface area contributed by atoms with Crippen molar-refractivity contribution in [2.24, 2.45) is 5.92 Å². The predicted molar refractivity (Wildman–Crippen MR) is 67.9 cm³/mol. The molecular formula is C12H13BrFNO3. The lowest BCUT2D eigenvalue weighted by Gasteiger charge is -2.09. The van der Waals surface area contributed by atoms with E-state index < -0.39 is 17.7 Å². The Morgan fingerprint density at radius 1 is 1.50 bits per heavy atom. The quantitative estimate of drug-likeness (QED) is 0.876. The molecule has 1 aromatic carbocycles. The molecule has 0 fully saturated rings. The van der Waals surface area contributed by atoms with Gasteiger partial charge in [0.25, 0.3) is 5.91 Å². The molecule has 6 heteroatoms. The number of benzene rings is 1. The molecule has 98 valence electrons. The van der Waals surface area contributed by atoms with Crippen LogP contribution in [-0.4, -0.2) is 23.5 Å². The van der Waals surface area contributed by atoms with E-state index in [4.69, 9.17) is 5.11 Å². The average Bonchev–Trinajstić information content (AvgIpc) is 2.28. The number of halogens is 2. The Kier molecular flexibility index (Phi) is 5.27. The molecule has 0 aliphatic carbocycles. The fraction of sp³-hybridized carbons (Fsp3) is 0.333. The van der Waals surface area contributed by atoms with Gasteiger partial charge in [-0.3, -0.25) is 9.59 Å². The SMILES string of the molecule is CC(CCNC(=O)c1ccc(F)cc1Br)C(=O)O. The molecule has 0 heterocycles. The van der Waals surface area contributed by atoms with Crippen molar-refractivity contribution in [1.82, 2.24) is 5.32 Å². The van der Waals surface area contributed by atoms with Gasteiger partial charge in [-0.25, -0.2) is 4.39 Å². The normalized spacial score (nSPS) is 11.9. The molecule has 0 saturated carbocycles. The van der Waals surface area contributed by atoms with Crippen LogP contribution in [0.2, 0.25) is 0 Å². The zero-order chi connectivity index (χ0) is 13.7. The molecular weight excluding hydrogens is 305 g/mol. The molecule has 1 rings (SSSR count). The molecule has 0 saturated heterocycles. The zero-order valence-corrected chi connectivity index (χ0v) is 11.3. The summed E-state index contributed by atoms with van der Waals surface area (Å²) in [6.07, 6.45) is 0.347. The van der Waals surface area contributed by atoms with Crippen molar-refractivity contribution < 1.29 is 19.1 Å². The van der Waals surface area contributed by atoms with E-state index in [0.717, 1.165) is 0 Å². The first-order chi connectivity index (χ1) is 8.41. The van der Waals surface area contributed by atoms with Crippen LogP contribution >= 0.6 is 15.9 Å². The van der Waals surface area contributed by atoms with E-state index in [0.29, 0.717) is 16.5 Å². The number of carboxylic acid groups (broad SMARTS) is 1. The first kappa shape index (κ1) is 14.6. The maximum Gasteiger partial charge on any atom is 0.306 e. The van der Waals surface area contributed by atoms with E-state index in [-0.39, 0.29) is 12.5 Å². The highest BCUT2D eigenvalue weighted by molar-refractivity contribution is 9.10. The number of aliphatic carboxylic acids is 1. The van der Waals surface area contributed by atoms with Crippen LogP contribution in [0.3, 0.4) is 0 Å². The van der Waals surface area contributed by atoms with E-state index in [9.17, 15) is 14.0 Å². The van der Waals surface area contributed by atoms with E-state index in [1.54, 1.807) is 6.92 Å². The van der Waals surface area contributed by atoms with E-state index in [1.807, 2.05) is 0 Å². The smallest absolute Gasteiger partial charge is 0.306 e. The summed E-state index contributed by atoms with van der Waals surface area (Å²) in [7, 11) is 0. The third-order valence-electron chi connectivity index (χ3n) is 2.46. The first-order valence-electron chi connectivity index (χ1n) is 5.38. The Bertz CT molecular complexity index is 465. The fourth-order valence-electron chi connectivity index (χ4n) is 1.29. The standard InChI is InChI=1S/C12H13BrFNO3/c1-7(12(17)18)4-5-15-11(16)9-3-2-8(14)6-10(9)13/h2-3,6-7H,4-5H2,1H3,(H,15,16)(H,17,18). The maximum absolute atomic E-state index is 12.8. The highest BCUT2D eigenvalue weighted by Gasteiger charge is 2.13. The number of nitrogens with one attached hydrogen (secondary N) is 1. The number of carbonyl (C=O) groups excluding carboxylic acids is 1. The highest BCUT2D eigenvalue weighted by atomic mass is 79.9. The fourth-order valence-corrected chi connectivity index (χ4v) is 1.83. The van der Waals surface area contributed by atoms with Gasteiger partial charge >= 0.3 is 5.97 Å². The van der Waals surface area contributed by atoms with Crippen LogP contribution in [-0.2, 0) is 4.79 Å². The van der Waals surface area contributed by atoms with Crippen molar-refractivity contribution in [1.29, 1.82) is 0 Å². The molecule has 0 bridgehead atoms. The van der Waals surface area contributed by atoms with Gasteiger partial charge in [0.15, 0.2) is 0 Å². The van der Waals surface area contributed by atoms with Crippen molar-refractivity contribution in [3.63, 3.8) is 0 Å². The zero-order valence-electron chi connectivity index (χ0n) is 9.74. The van der Waals surface area contributed by atoms with Crippen molar-refractivity contribution in [2.75, 3.05) is 6.54 Å². The van der Waals surface area contributed by atoms with Gasteiger partial charge < -0.3 is 10.4 Å². The third-order valence-corrected chi connectivity index (χ3v) is 3.12. The van der Waals surface area contributed by atoms with Crippen LogP contribution in [0.25, 0.3) is 0 Å². The summed E-state index contributed by atoms with van der Waals surface area (Å²) >= 11 is 3.10. The lowest BCUT2D eigenvalue weighted by Crippen LogP contribution is -2.27. The molecule has 0 spiro atoms. The lowest BCUT2D eigenvalue weighted by molar-refractivity contribution is -0.141. The average molecular weight is 318 g/mol. The van der Waals surface area contributed by atoms with Gasteiger partial charge in [-0.1, -0.05) is 6.92 Å². The van der Waals surface area contributed by atoms with Gasteiger partial charge in [0.05, 0.1) is 11.5 Å². The predicted octanol–water partition coefficient (Wildman–Crippen LogP) is 2.43. The third kappa shape index (κ3) is 4.10. The molecule has 0 radical (unpaired) electrons. The Labute approximate surface area is 112 Å². The molecule has 1 unspecified atom stereocenters. The van der Waals surface area contributed by atoms with Crippen LogP contribution in [0, 0.1) is 11.7 Å². The molecule has 0 aliphatic heterocycles. The van der Waals surface area contributed by atoms with Gasteiger partial charge in [0, 0.05) is 11.0 Å². The highest BCUT2D eigenvalue weighted by Crippen LogP contribution is 2.17. The molecule has 0 aliphatic rings. The summed E-state index contributed by atoms with van der Waals surface area (Å²) in [5.41, 5.74) is 0.319. The first-order valence-corrected chi connectivity index (χ1v) is 6.17. The number of carboxylic acids is 1. The molecule has 1 aromatic rings. The number of hydrogen-bond donors (Lipinski definition) is 2. The minimum atomic E-state index is -0.896. The summed E-state index contributed by atoms with van der Waals surface area (Å²) < 4.78 is 13.2. The molecule has 1 amide bonds. The van der Waals surface area contributed by atoms with Crippen molar-refractivity contribution in [3.05, 3.63) is 34.1 Å². The summed E-state index contributed by atoms with van der Waals surface area (Å²) in [4.78, 5) is 22.3. The van der Waals surface area contributed by atoms with Gasteiger partial charge in [0.1, 0.15) is 5.82 Å². The summed E-state index contributed by atoms with van der Waals surface area (Å²) in [5, 5.41) is 11.3. The second kappa shape index (κ2) is 6.49. The van der Waals surface area contributed by atoms with E-state index in [1.165, 1.54) is 18.2 Å². The minimum absolute atomic E-state index is 0.260. The van der Waals surface area contributed by atoms with Crippen LogP contribution in [0.1, 0.15) is 23.7 Å². The van der Waals surface area contributed by atoms with Gasteiger partial charge in [-0.05, 0) is 40.5 Å². The number of amides is 1. The summed E-state index contributed by atoms with van der Waals surface area (Å²) in [6.45, 7) is 1.83. The van der Waals surface area contributed by atoms with E-state index in [2.05, 4.69) is 21.2 Å². The van der Waals surface area contributed by atoms with Crippen LogP contribution in [0.4, 0.5) is 4.39 Å². The Morgan fingerprint density at radius 2 is 2.17 bits per heavy atom. The second-order valence-corrected chi connectivity index (χ2v) is 4.76. The molecule has 1 atom stereocenters. The van der Waals surface area contributed by atoms with Crippen LogP contribution < -0.4 is 5.32 Å². The van der Waals surface area contributed by atoms with E-state index >= 15 is 0 Å². The summed E-state index contributed by atoms with van der Waals surface area (Å²) in [5.74, 6) is -2.20. The Morgan fingerprint density at radius 3 is 2.72 bits per heavy atom. The van der Waals surface area contributed by atoms with Gasteiger partial charge in [0.2, 0.25) is 0 Å². The summed E-state index contributed by atoms with van der Waals surface area (Å²) in [6, 6.07) is 3.77. The Balaban J connectivity index is 2.53. The van der Waals surface area contributed by atoms with Crippen LogP contribution in [0.15, 0.2) is 22.7 Å². The second-order valence-electron chi connectivity index (χ2n) is 3.91.